The van der Waals surface area contributed by atoms with Crippen LogP contribution in [-0.4, -0.2) is 29.1 Å². The normalized spacial score (nSPS) is 13.9. The summed E-state index contributed by atoms with van der Waals surface area (Å²) in [7, 11) is 1.39. The Morgan fingerprint density at radius 2 is 2.33 bits per heavy atom. The van der Waals surface area contributed by atoms with Crippen molar-refractivity contribution < 1.29 is 9.53 Å². The molecule has 0 spiro atoms. The Morgan fingerprint density at radius 1 is 1.61 bits per heavy atom. The Bertz CT molecular complexity index is 397. The largest absolute Gasteiger partial charge is 0.468 e. The van der Waals surface area contributed by atoms with Crippen LogP contribution in [0.5, 0.6) is 0 Å². The van der Waals surface area contributed by atoms with E-state index >= 15 is 0 Å². The summed E-state index contributed by atoms with van der Waals surface area (Å²) in [4.78, 5) is 19.6. The van der Waals surface area contributed by atoms with Crippen LogP contribution in [0.3, 0.4) is 0 Å². The average Bonchev–Trinajstić information content (AvgIpc) is 2.40. The van der Waals surface area contributed by atoms with Gasteiger partial charge in [-0.05, 0) is 5.92 Å². The second-order valence-electron chi connectivity index (χ2n) is 4.19. The Hall–Kier alpha value is -1.69. The zero-order chi connectivity index (χ0) is 13.5. The second kappa shape index (κ2) is 6.90. The van der Waals surface area contributed by atoms with Crippen molar-refractivity contribution in [1.82, 2.24) is 15.3 Å². The monoisotopic (exact) mass is 252 g/mol. The van der Waals surface area contributed by atoms with Crippen molar-refractivity contribution >= 4 is 11.7 Å². The van der Waals surface area contributed by atoms with Crippen molar-refractivity contribution in [2.24, 2.45) is 5.92 Å². The van der Waals surface area contributed by atoms with E-state index in [1.807, 2.05) is 13.8 Å². The van der Waals surface area contributed by atoms with Gasteiger partial charge in [0.25, 0.3) is 0 Å². The summed E-state index contributed by atoms with van der Waals surface area (Å²) < 4.78 is 4.79. The van der Waals surface area contributed by atoms with Crippen molar-refractivity contribution in [1.29, 1.82) is 0 Å². The molecule has 0 saturated carbocycles. The smallest absolute Gasteiger partial charge is 0.323 e. The highest BCUT2D eigenvalue weighted by atomic mass is 16.5. The number of carbonyl (C=O) groups is 1. The van der Waals surface area contributed by atoms with E-state index in [2.05, 4.69) is 15.3 Å². The summed E-state index contributed by atoms with van der Waals surface area (Å²) in [6.07, 6.45) is 3.86. The summed E-state index contributed by atoms with van der Waals surface area (Å²) in [5.74, 6) is -0.0857. The van der Waals surface area contributed by atoms with Gasteiger partial charge in [-0.2, -0.15) is 0 Å². The number of rotatable bonds is 6. The number of ether oxygens (including phenoxy) is 1. The third-order valence-corrected chi connectivity index (χ3v) is 2.98. The number of methoxy groups -OCH3 is 1. The SMILES string of the molecule is CCC(C)C(NCc1ncncc1N)C(=O)OC. The predicted octanol–water partition coefficient (Wildman–Crippen LogP) is 0.736. The number of hydrogen-bond acceptors (Lipinski definition) is 6. The maximum absolute atomic E-state index is 11.7. The van der Waals surface area contributed by atoms with Crippen molar-refractivity contribution in [3.8, 4) is 0 Å². The van der Waals surface area contributed by atoms with Crippen LogP contribution >= 0.6 is 0 Å². The lowest BCUT2D eigenvalue weighted by Gasteiger charge is -2.21. The number of nitrogen functional groups attached to an aromatic ring is 1. The number of nitrogens with one attached hydrogen (secondary N) is 1. The first kappa shape index (κ1) is 14.4. The van der Waals surface area contributed by atoms with Gasteiger partial charge in [-0.3, -0.25) is 10.1 Å². The molecule has 2 unspecified atom stereocenters. The molecule has 0 aliphatic carbocycles. The van der Waals surface area contributed by atoms with Crippen molar-refractivity contribution in [2.75, 3.05) is 12.8 Å². The van der Waals surface area contributed by atoms with Crippen molar-refractivity contribution in [2.45, 2.75) is 32.9 Å². The molecule has 0 amide bonds. The van der Waals surface area contributed by atoms with Gasteiger partial charge in [0.2, 0.25) is 0 Å². The molecule has 6 heteroatoms. The zero-order valence-corrected chi connectivity index (χ0v) is 11.0. The molecule has 3 N–H and O–H groups in total. The topological polar surface area (TPSA) is 90.1 Å². The number of aromatic nitrogens is 2. The van der Waals surface area contributed by atoms with Crippen LogP contribution in [0.1, 0.15) is 26.0 Å². The van der Waals surface area contributed by atoms with E-state index in [0.717, 1.165) is 6.42 Å². The molecule has 6 nitrogen and oxygen atoms in total. The molecule has 0 fully saturated rings. The van der Waals surface area contributed by atoms with Gasteiger partial charge in [0.15, 0.2) is 0 Å². The van der Waals surface area contributed by atoms with Crippen LogP contribution in [0, 0.1) is 5.92 Å². The Morgan fingerprint density at radius 3 is 2.89 bits per heavy atom. The first-order valence-corrected chi connectivity index (χ1v) is 5.95. The highest BCUT2D eigenvalue weighted by molar-refractivity contribution is 5.76. The lowest BCUT2D eigenvalue weighted by Crippen LogP contribution is -2.42. The minimum atomic E-state index is -0.352. The van der Waals surface area contributed by atoms with E-state index < -0.39 is 0 Å². The van der Waals surface area contributed by atoms with Crippen LogP contribution in [0.25, 0.3) is 0 Å². The number of carbonyl (C=O) groups excluding carboxylic acids is 1. The molecule has 1 aromatic rings. The molecular weight excluding hydrogens is 232 g/mol. The molecule has 100 valence electrons. The van der Waals surface area contributed by atoms with Crippen molar-refractivity contribution in [3.63, 3.8) is 0 Å². The molecule has 0 aliphatic heterocycles. The van der Waals surface area contributed by atoms with Gasteiger partial charge < -0.3 is 10.5 Å². The van der Waals surface area contributed by atoms with Gasteiger partial charge in [-0.1, -0.05) is 20.3 Å². The summed E-state index contributed by atoms with van der Waals surface area (Å²) in [5.41, 5.74) is 6.94. The van der Waals surface area contributed by atoms with E-state index in [0.29, 0.717) is 17.9 Å². The Labute approximate surface area is 107 Å². The predicted molar refractivity (Wildman–Crippen MR) is 68.5 cm³/mol. The van der Waals surface area contributed by atoms with E-state index in [4.69, 9.17) is 10.5 Å². The zero-order valence-electron chi connectivity index (χ0n) is 11.0. The summed E-state index contributed by atoms with van der Waals surface area (Å²) in [6.45, 7) is 4.44. The van der Waals surface area contributed by atoms with Crippen LogP contribution in [-0.2, 0) is 16.1 Å². The molecule has 2 atom stereocenters. The molecule has 1 heterocycles. The maximum Gasteiger partial charge on any atom is 0.323 e. The van der Waals surface area contributed by atoms with E-state index in [9.17, 15) is 4.79 Å². The fraction of sp³-hybridized carbons (Fsp3) is 0.583. The van der Waals surface area contributed by atoms with Gasteiger partial charge in [-0.25, -0.2) is 9.97 Å². The van der Waals surface area contributed by atoms with Crippen LogP contribution in [0.2, 0.25) is 0 Å². The first-order chi connectivity index (χ1) is 8.60. The fourth-order valence-corrected chi connectivity index (χ4v) is 1.60. The van der Waals surface area contributed by atoms with Gasteiger partial charge in [-0.15, -0.1) is 0 Å². The number of nitrogens with zero attached hydrogens (tertiary/aromatic N) is 2. The number of hydrogen-bond donors (Lipinski definition) is 2. The molecule has 0 bridgehead atoms. The van der Waals surface area contributed by atoms with E-state index in [-0.39, 0.29) is 17.9 Å². The maximum atomic E-state index is 11.7. The number of nitrogens with two attached hydrogens (primary N) is 1. The van der Waals surface area contributed by atoms with Crippen LogP contribution < -0.4 is 11.1 Å². The van der Waals surface area contributed by atoms with Crippen LogP contribution in [0.15, 0.2) is 12.5 Å². The number of esters is 1. The fourth-order valence-electron chi connectivity index (χ4n) is 1.60. The van der Waals surface area contributed by atoms with Gasteiger partial charge in [0.1, 0.15) is 12.4 Å². The number of anilines is 1. The molecule has 0 saturated heterocycles. The Balaban J connectivity index is 2.68. The minimum absolute atomic E-state index is 0.181. The molecule has 18 heavy (non-hydrogen) atoms. The Kier molecular flexibility index (Phi) is 5.51. The molecule has 1 aromatic heterocycles. The minimum Gasteiger partial charge on any atom is -0.468 e. The standard InChI is InChI=1S/C12H20N4O2/c1-4-8(2)11(12(17)18-3)15-6-10-9(13)5-14-7-16-10/h5,7-8,11,15H,4,6,13H2,1-3H3. The quantitative estimate of drug-likeness (QED) is 0.726. The van der Waals surface area contributed by atoms with Gasteiger partial charge in [0.05, 0.1) is 24.7 Å². The lowest BCUT2D eigenvalue weighted by molar-refractivity contribution is -0.144. The third-order valence-electron chi connectivity index (χ3n) is 2.98. The van der Waals surface area contributed by atoms with E-state index in [1.54, 1.807) is 6.20 Å². The van der Waals surface area contributed by atoms with Crippen molar-refractivity contribution in [3.05, 3.63) is 18.2 Å². The highest BCUT2D eigenvalue weighted by Gasteiger charge is 2.24. The molecule has 0 radical (unpaired) electrons. The summed E-state index contributed by atoms with van der Waals surface area (Å²) in [6, 6.07) is -0.352. The second-order valence-corrected chi connectivity index (χ2v) is 4.19. The molecule has 0 aromatic carbocycles. The first-order valence-electron chi connectivity index (χ1n) is 5.95. The van der Waals surface area contributed by atoms with E-state index in [1.165, 1.54) is 13.4 Å². The van der Waals surface area contributed by atoms with Crippen LogP contribution in [0.4, 0.5) is 5.69 Å². The molecular formula is C12H20N4O2. The summed E-state index contributed by atoms with van der Waals surface area (Å²) in [5, 5.41) is 3.13. The lowest BCUT2D eigenvalue weighted by atomic mass is 9.99. The van der Waals surface area contributed by atoms with Gasteiger partial charge in [0, 0.05) is 6.54 Å². The third kappa shape index (κ3) is 3.66. The highest BCUT2D eigenvalue weighted by Crippen LogP contribution is 2.11. The average molecular weight is 252 g/mol. The molecule has 0 aliphatic rings. The van der Waals surface area contributed by atoms with Gasteiger partial charge >= 0.3 is 5.97 Å². The molecule has 1 rings (SSSR count). The summed E-state index contributed by atoms with van der Waals surface area (Å²) >= 11 is 0.